The van der Waals surface area contributed by atoms with Crippen LogP contribution in [0.4, 0.5) is 0 Å². The number of rotatable bonds is 17. The Bertz CT molecular complexity index is 475. The zero-order chi connectivity index (χ0) is 20.6. The maximum Gasteiger partial charge on any atom is 0.0700 e. The minimum Gasteiger partial charge on any atom is -0.392 e. The lowest BCUT2D eigenvalue weighted by molar-refractivity contribution is 0.0410. The number of aliphatic hydroxyl groups excluding tert-OH is 1. The maximum absolute atomic E-state index is 10.5. The average molecular weight is 504 g/mol. The van der Waals surface area contributed by atoms with Crippen molar-refractivity contribution in [3.8, 4) is 0 Å². The fourth-order valence-electron chi connectivity index (χ4n) is 3.20. The summed E-state index contributed by atoms with van der Waals surface area (Å²) < 4.78 is 11.4. The SMILES string of the molecule is CCCCCCCOCCOCCCC(O)C(I)c1ccc(CC(C)C)cc1. The summed E-state index contributed by atoms with van der Waals surface area (Å²) in [5, 5.41) is 10.5. The third-order valence-electron chi connectivity index (χ3n) is 4.83. The molecule has 1 aromatic rings. The molecule has 3 nitrogen and oxygen atoms in total. The van der Waals surface area contributed by atoms with Crippen molar-refractivity contribution >= 4 is 22.6 Å². The molecule has 0 aromatic heterocycles. The summed E-state index contributed by atoms with van der Waals surface area (Å²) in [6.07, 6.45) is 8.77. The highest BCUT2D eigenvalue weighted by Crippen LogP contribution is 2.29. The second kappa shape index (κ2) is 16.6. The summed E-state index contributed by atoms with van der Waals surface area (Å²) in [5.41, 5.74) is 2.57. The fraction of sp³-hybridized carbons (Fsp3) is 0.750. The molecule has 2 atom stereocenters. The third kappa shape index (κ3) is 12.4. The van der Waals surface area contributed by atoms with Crippen molar-refractivity contribution in [3.63, 3.8) is 0 Å². The summed E-state index contributed by atoms with van der Waals surface area (Å²) in [4.78, 5) is 0. The van der Waals surface area contributed by atoms with Crippen LogP contribution < -0.4 is 0 Å². The molecule has 0 amide bonds. The van der Waals surface area contributed by atoms with Crippen LogP contribution >= 0.6 is 22.6 Å². The number of unbranched alkanes of at least 4 members (excludes halogenated alkanes) is 4. The molecule has 0 heterocycles. The Hall–Kier alpha value is -0.170. The minimum absolute atomic E-state index is 0.127. The normalized spacial score (nSPS) is 13.8. The molecule has 0 aliphatic heterocycles. The van der Waals surface area contributed by atoms with Gasteiger partial charge in [0.05, 0.1) is 23.2 Å². The molecular weight excluding hydrogens is 463 g/mol. The number of alkyl halides is 1. The van der Waals surface area contributed by atoms with Crippen molar-refractivity contribution in [3.05, 3.63) is 35.4 Å². The molecule has 1 rings (SSSR count). The van der Waals surface area contributed by atoms with Crippen LogP contribution in [0.25, 0.3) is 0 Å². The van der Waals surface area contributed by atoms with Crippen molar-refractivity contribution in [2.24, 2.45) is 5.92 Å². The first kappa shape index (κ1) is 25.9. The van der Waals surface area contributed by atoms with Crippen LogP contribution in [0.15, 0.2) is 24.3 Å². The monoisotopic (exact) mass is 504 g/mol. The molecule has 0 aliphatic carbocycles. The average Bonchev–Trinajstić information content (AvgIpc) is 2.68. The van der Waals surface area contributed by atoms with E-state index in [2.05, 4.69) is 67.6 Å². The van der Waals surface area contributed by atoms with Gasteiger partial charge in [0.2, 0.25) is 0 Å². The van der Waals surface area contributed by atoms with Crippen molar-refractivity contribution < 1.29 is 14.6 Å². The van der Waals surface area contributed by atoms with E-state index in [1.54, 1.807) is 0 Å². The van der Waals surface area contributed by atoms with E-state index in [1.165, 1.54) is 36.8 Å². The molecule has 28 heavy (non-hydrogen) atoms. The zero-order valence-corrected chi connectivity index (χ0v) is 20.3. The van der Waals surface area contributed by atoms with E-state index in [4.69, 9.17) is 9.47 Å². The van der Waals surface area contributed by atoms with Gasteiger partial charge < -0.3 is 14.6 Å². The molecule has 1 aromatic carbocycles. The Labute approximate surface area is 186 Å². The molecule has 0 aliphatic rings. The van der Waals surface area contributed by atoms with Gasteiger partial charge in [0.15, 0.2) is 0 Å². The van der Waals surface area contributed by atoms with Gasteiger partial charge in [-0.3, -0.25) is 0 Å². The van der Waals surface area contributed by atoms with E-state index in [9.17, 15) is 5.11 Å². The van der Waals surface area contributed by atoms with Crippen molar-refractivity contribution in [2.75, 3.05) is 26.4 Å². The lowest BCUT2D eigenvalue weighted by atomic mass is 9.99. The van der Waals surface area contributed by atoms with E-state index < -0.39 is 0 Å². The van der Waals surface area contributed by atoms with Crippen LogP contribution in [-0.4, -0.2) is 37.6 Å². The summed E-state index contributed by atoms with van der Waals surface area (Å²) >= 11 is 2.36. The molecule has 2 unspecified atom stereocenters. The smallest absolute Gasteiger partial charge is 0.0700 e. The highest BCUT2D eigenvalue weighted by molar-refractivity contribution is 14.1. The highest BCUT2D eigenvalue weighted by atomic mass is 127. The van der Waals surface area contributed by atoms with Crippen molar-refractivity contribution in [1.29, 1.82) is 0 Å². The van der Waals surface area contributed by atoms with E-state index in [0.717, 1.165) is 32.3 Å². The topological polar surface area (TPSA) is 38.7 Å². The summed E-state index contributed by atoms with van der Waals surface area (Å²) in [6, 6.07) is 8.71. The Balaban J connectivity index is 2.06. The Morgan fingerprint density at radius 1 is 0.857 bits per heavy atom. The van der Waals surface area contributed by atoms with Crippen LogP contribution in [-0.2, 0) is 15.9 Å². The largest absolute Gasteiger partial charge is 0.392 e. The molecule has 4 heteroatoms. The van der Waals surface area contributed by atoms with Crippen molar-refractivity contribution in [1.82, 2.24) is 0 Å². The lowest BCUT2D eigenvalue weighted by Gasteiger charge is -2.18. The number of benzene rings is 1. The van der Waals surface area contributed by atoms with Gasteiger partial charge in [-0.15, -0.1) is 0 Å². The molecule has 0 bridgehead atoms. The first-order valence-corrected chi connectivity index (χ1v) is 12.4. The predicted octanol–water partition coefficient (Wildman–Crippen LogP) is 6.51. The molecule has 0 saturated heterocycles. The lowest BCUT2D eigenvalue weighted by Crippen LogP contribution is -2.15. The van der Waals surface area contributed by atoms with Crippen LogP contribution in [0.3, 0.4) is 0 Å². The van der Waals surface area contributed by atoms with Crippen LogP contribution in [0, 0.1) is 5.92 Å². The quantitative estimate of drug-likeness (QED) is 0.149. The second-order valence-corrected chi connectivity index (χ2v) is 9.43. The summed E-state index contributed by atoms with van der Waals surface area (Å²) in [6.45, 7) is 9.57. The number of ether oxygens (including phenoxy) is 2. The Morgan fingerprint density at radius 2 is 1.46 bits per heavy atom. The number of halogens is 1. The zero-order valence-electron chi connectivity index (χ0n) is 18.2. The van der Waals surface area contributed by atoms with Crippen molar-refractivity contribution in [2.45, 2.75) is 82.2 Å². The van der Waals surface area contributed by atoms with Gasteiger partial charge in [0, 0.05) is 13.2 Å². The van der Waals surface area contributed by atoms with E-state index in [-0.39, 0.29) is 10.0 Å². The maximum atomic E-state index is 10.5. The number of hydrogen-bond acceptors (Lipinski definition) is 3. The summed E-state index contributed by atoms with van der Waals surface area (Å²) in [7, 11) is 0. The molecule has 0 saturated carbocycles. The van der Waals surface area contributed by atoms with Gasteiger partial charge in [-0.05, 0) is 42.7 Å². The van der Waals surface area contributed by atoms with Gasteiger partial charge in [-0.2, -0.15) is 0 Å². The van der Waals surface area contributed by atoms with Gasteiger partial charge in [-0.25, -0.2) is 0 Å². The number of aliphatic hydroxyl groups is 1. The second-order valence-electron chi connectivity index (χ2n) is 8.09. The molecule has 0 radical (unpaired) electrons. The Kier molecular flexibility index (Phi) is 15.3. The van der Waals surface area contributed by atoms with E-state index >= 15 is 0 Å². The van der Waals surface area contributed by atoms with E-state index in [0.29, 0.717) is 25.7 Å². The first-order chi connectivity index (χ1) is 13.5. The Morgan fingerprint density at radius 3 is 2.07 bits per heavy atom. The van der Waals surface area contributed by atoms with Gasteiger partial charge >= 0.3 is 0 Å². The first-order valence-electron chi connectivity index (χ1n) is 11.1. The van der Waals surface area contributed by atoms with Gasteiger partial charge in [0.1, 0.15) is 0 Å². The van der Waals surface area contributed by atoms with Crippen LogP contribution in [0.5, 0.6) is 0 Å². The van der Waals surface area contributed by atoms with Crippen LogP contribution in [0.1, 0.15) is 80.8 Å². The molecule has 1 N–H and O–H groups in total. The molecule has 0 fully saturated rings. The third-order valence-corrected chi connectivity index (χ3v) is 6.38. The highest BCUT2D eigenvalue weighted by Gasteiger charge is 2.17. The molecule has 162 valence electrons. The summed E-state index contributed by atoms with van der Waals surface area (Å²) in [5.74, 6) is 0.669. The van der Waals surface area contributed by atoms with Gasteiger partial charge in [0.25, 0.3) is 0 Å². The molecular formula is C24H41IO3. The number of hydrogen-bond donors (Lipinski definition) is 1. The van der Waals surface area contributed by atoms with Gasteiger partial charge in [-0.1, -0.05) is 93.3 Å². The van der Waals surface area contributed by atoms with E-state index in [1.807, 2.05) is 0 Å². The molecule has 0 spiro atoms. The minimum atomic E-state index is -0.334. The van der Waals surface area contributed by atoms with Crippen LogP contribution in [0.2, 0.25) is 0 Å². The fourth-order valence-corrected chi connectivity index (χ4v) is 3.98. The predicted molar refractivity (Wildman–Crippen MR) is 127 cm³/mol. The standard InChI is InChI=1S/C24H41IO3/c1-4-5-6-7-8-15-27-17-18-28-16-9-10-23(26)24(25)22-13-11-21(12-14-22)19-20(2)3/h11-14,20,23-24,26H,4-10,15-19H2,1-3H3.